The summed E-state index contributed by atoms with van der Waals surface area (Å²) in [4.78, 5) is 4.34. The van der Waals surface area contributed by atoms with E-state index in [-0.39, 0.29) is 0 Å². The lowest BCUT2D eigenvalue weighted by molar-refractivity contribution is 0.722. The van der Waals surface area contributed by atoms with Crippen LogP contribution in [0.5, 0.6) is 0 Å². The van der Waals surface area contributed by atoms with Crippen LogP contribution in [0, 0.1) is 6.92 Å². The summed E-state index contributed by atoms with van der Waals surface area (Å²) < 4.78 is 3.58. The molecule has 6 heteroatoms. The van der Waals surface area contributed by atoms with E-state index in [2.05, 4.69) is 10.1 Å². The molecule has 2 heterocycles. The number of nitrogens with two attached hydrogens (primary N) is 1. The number of hydrogen-bond donors (Lipinski definition) is 1. The molecule has 0 aliphatic heterocycles. The van der Waals surface area contributed by atoms with Crippen LogP contribution in [0.25, 0.3) is 5.82 Å². The van der Waals surface area contributed by atoms with Gasteiger partial charge in [0.25, 0.3) is 0 Å². The summed E-state index contributed by atoms with van der Waals surface area (Å²) in [6.07, 6.45) is 5.22. The third kappa shape index (κ3) is 1.52. The Morgan fingerprint density at radius 2 is 2.27 bits per heavy atom. The van der Waals surface area contributed by atoms with Crippen molar-refractivity contribution in [3.63, 3.8) is 0 Å². The summed E-state index contributed by atoms with van der Waals surface area (Å²) in [5.74, 6) is 0.845. The molecule has 0 unspecified atom stereocenters. The molecule has 0 saturated heterocycles. The lowest BCUT2D eigenvalue weighted by Crippen LogP contribution is -2.14. The van der Waals surface area contributed by atoms with E-state index in [4.69, 9.17) is 18.0 Å². The van der Waals surface area contributed by atoms with E-state index in [1.165, 1.54) is 0 Å². The van der Waals surface area contributed by atoms with Crippen LogP contribution in [0.4, 0.5) is 0 Å². The van der Waals surface area contributed by atoms with Gasteiger partial charge < -0.3 is 5.73 Å². The minimum absolute atomic E-state index is 0.351. The zero-order chi connectivity index (χ0) is 11.0. The molecule has 5 nitrogen and oxygen atoms in total. The Hall–Kier alpha value is -1.69. The maximum atomic E-state index is 5.68. The normalized spacial score (nSPS) is 10.5. The number of imidazole rings is 1. The van der Waals surface area contributed by atoms with Gasteiger partial charge in [0.1, 0.15) is 17.1 Å². The van der Waals surface area contributed by atoms with Crippen molar-refractivity contribution in [3.05, 3.63) is 30.0 Å². The Morgan fingerprint density at radius 3 is 2.80 bits per heavy atom. The quantitative estimate of drug-likeness (QED) is 0.752. The zero-order valence-electron chi connectivity index (χ0n) is 8.51. The van der Waals surface area contributed by atoms with Crippen LogP contribution < -0.4 is 5.73 Å². The van der Waals surface area contributed by atoms with Gasteiger partial charge in [0.2, 0.25) is 0 Å². The van der Waals surface area contributed by atoms with Gasteiger partial charge in [0.15, 0.2) is 0 Å². The van der Waals surface area contributed by atoms with Gasteiger partial charge in [-0.15, -0.1) is 0 Å². The molecule has 0 aromatic carbocycles. The van der Waals surface area contributed by atoms with Crippen LogP contribution in [0.15, 0.2) is 18.7 Å². The van der Waals surface area contributed by atoms with Gasteiger partial charge >= 0.3 is 0 Å². The molecule has 0 aliphatic rings. The van der Waals surface area contributed by atoms with Crippen LogP contribution in [0.1, 0.15) is 11.3 Å². The number of aryl methyl sites for hydroxylation is 2. The first-order valence-electron chi connectivity index (χ1n) is 4.43. The van der Waals surface area contributed by atoms with Crippen LogP contribution in [0.2, 0.25) is 0 Å². The first-order chi connectivity index (χ1) is 7.11. The first kappa shape index (κ1) is 9.85. The second-order valence-electron chi connectivity index (χ2n) is 3.24. The van der Waals surface area contributed by atoms with E-state index in [9.17, 15) is 0 Å². The topological polar surface area (TPSA) is 61.7 Å². The van der Waals surface area contributed by atoms with Crippen molar-refractivity contribution in [1.82, 2.24) is 19.3 Å². The highest BCUT2D eigenvalue weighted by atomic mass is 32.1. The van der Waals surface area contributed by atoms with Crippen molar-refractivity contribution < 1.29 is 0 Å². The standard InChI is InChI=1S/C9H11N5S/c1-6-7(8(10)15)9(13(2)12-6)14-4-3-11-5-14/h3-5H,1-2H3,(H2,10,15). The Labute approximate surface area is 92.5 Å². The molecule has 15 heavy (non-hydrogen) atoms. The van der Waals surface area contributed by atoms with Gasteiger partial charge in [-0.3, -0.25) is 9.25 Å². The largest absolute Gasteiger partial charge is 0.389 e. The summed E-state index contributed by atoms with van der Waals surface area (Å²) >= 11 is 5.02. The van der Waals surface area contributed by atoms with E-state index in [0.29, 0.717) is 4.99 Å². The maximum absolute atomic E-state index is 5.68. The van der Waals surface area contributed by atoms with Crippen LogP contribution >= 0.6 is 12.2 Å². The van der Waals surface area contributed by atoms with Gasteiger partial charge in [-0.2, -0.15) is 5.10 Å². The predicted octanol–water partition coefficient (Wildman–Crippen LogP) is 0.548. The Balaban J connectivity index is 2.70. The summed E-state index contributed by atoms with van der Waals surface area (Å²) in [5, 5.41) is 4.29. The summed E-state index contributed by atoms with van der Waals surface area (Å²) in [5.41, 5.74) is 7.30. The minimum Gasteiger partial charge on any atom is -0.389 e. The van der Waals surface area contributed by atoms with Crippen LogP contribution in [-0.4, -0.2) is 24.3 Å². The van der Waals surface area contributed by atoms with E-state index >= 15 is 0 Å². The molecule has 0 saturated carbocycles. The highest BCUT2D eigenvalue weighted by Gasteiger charge is 2.16. The fourth-order valence-corrected chi connectivity index (χ4v) is 1.85. The fourth-order valence-electron chi connectivity index (χ4n) is 1.62. The molecular formula is C9H11N5S. The van der Waals surface area contributed by atoms with Crippen molar-refractivity contribution in [3.8, 4) is 5.82 Å². The third-order valence-electron chi connectivity index (χ3n) is 2.19. The van der Waals surface area contributed by atoms with E-state index in [1.807, 2.05) is 24.7 Å². The third-order valence-corrected chi connectivity index (χ3v) is 2.39. The van der Waals surface area contributed by atoms with E-state index in [0.717, 1.165) is 17.1 Å². The van der Waals surface area contributed by atoms with Crippen molar-refractivity contribution >= 4 is 17.2 Å². The van der Waals surface area contributed by atoms with Crippen molar-refractivity contribution in [2.24, 2.45) is 12.8 Å². The van der Waals surface area contributed by atoms with E-state index < -0.39 is 0 Å². The van der Waals surface area contributed by atoms with Gasteiger partial charge in [-0.05, 0) is 6.92 Å². The molecule has 78 valence electrons. The number of aromatic nitrogens is 4. The highest BCUT2D eigenvalue weighted by molar-refractivity contribution is 7.80. The van der Waals surface area contributed by atoms with Gasteiger partial charge in [0.05, 0.1) is 11.3 Å². The Morgan fingerprint density at radius 1 is 1.53 bits per heavy atom. The molecule has 0 bridgehead atoms. The van der Waals surface area contributed by atoms with Gasteiger partial charge in [-0.1, -0.05) is 12.2 Å². The minimum atomic E-state index is 0.351. The van der Waals surface area contributed by atoms with Gasteiger partial charge in [-0.25, -0.2) is 4.98 Å². The smallest absolute Gasteiger partial charge is 0.146 e. The molecule has 0 aliphatic carbocycles. The highest BCUT2D eigenvalue weighted by Crippen LogP contribution is 2.17. The maximum Gasteiger partial charge on any atom is 0.146 e. The molecule has 0 spiro atoms. The Bertz CT molecular complexity index is 497. The second-order valence-corrected chi connectivity index (χ2v) is 3.68. The summed E-state index contributed by atoms with van der Waals surface area (Å²) in [6.45, 7) is 1.88. The summed E-state index contributed by atoms with van der Waals surface area (Å²) in [6, 6.07) is 0. The van der Waals surface area contributed by atoms with Gasteiger partial charge in [0, 0.05) is 19.4 Å². The number of nitrogens with zero attached hydrogens (tertiary/aromatic N) is 4. The number of thiocarbonyl (C=S) groups is 1. The number of rotatable bonds is 2. The lowest BCUT2D eigenvalue weighted by atomic mass is 10.2. The molecular weight excluding hydrogens is 210 g/mol. The molecule has 0 radical (unpaired) electrons. The van der Waals surface area contributed by atoms with Crippen LogP contribution in [0.3, 0.4) is 0 Å². The Kier molecular flexibility index (Phi) is 2.28. The van der Waals surface area contributed by atoms with Crippen molar-refractivity contribution in [2.75, 3.05) is 0 Å². The molecule has 0 amide bonds. The summed E-state index contributed by atoms with van der Waals surface area (Å²) in [7, 11) is 1.85. The fraction of sp³-hybridized carbons (Fsp3) is 0.222. The average Bonchev–Trinajstić information content (AvgIpc) is 2.71. The lowest BCUT2D eigenvalue weighted by Gasteiger charge is -2.05. The SMILES string of the molecule is Cc1nn(C)c(-n2ccnc2)c1C(N)=S. The molecule has 0 atom stereocenters. The second kappa shape index (κ2) is 3.47. The molecule has 2 rings (SSSR count). The molecule has 2 aromatic heterocycles. The monoisotopic (exact) mass is 221 g/mol. The predicted molar refractivity (Wildman–Crippen MR) is 61.0 cm³/mol. The molecule has 2 aromatic rings. The molecule has 0 fully saturated rings. The average molecular weight is 221 g/mol. The van der Waals surface area contributed by atoms with Crippen LogP contribution in [-0.2, 0) is 7.05 Å². The zero-order valence-corrected chi connectivity index (χ0v) is 9.32. The first-order valence-corrected chi connectivity index (χ1v) is 4.84. The van der Waals surface area contributed by atoms with Crippen molar-refractivity contribution in [2.45, 2.75) is 6.92 Å². The van der Waals surface area contributed by atoms with E-state index in [1.54, 1.807) is 17.2 Å². The number of hydrogen-bond acceptors (Lipinski definition) is 3. The van der Waals surface area contributed by atoms with Crippen molar-refractivity contribution in [1.29, 1.82) is 0 Å². The molecule has 2 N–H and O–H groups in total.